The van der Waals surface area contributed by atoms with Crippen LogP contribution < -0.4 is 0 Å². The van der Waals surface area contributed by atoms with Crippen LogP contribution >= 0.6 is 23.2 Å². The summed E-state index contributed by atoms with van der Waals surface area (Å²) in [5.41, 5.74) is 2.00. The molecule has 1 atom stereocenters. The molecule has 3 aromatic rings. The summed E-state index contributed by atoms with van der Waals surface area (Å²) in [7, 11) is 0. The first-order valence-electron chi connectivity index (χ1n) is 6.25. The first-order valence-corrected chi connectivity index (χ1v) is 7.01. The van der Waals surface area contributed by atoms with Gasteiger partial charge < -0.3 is 5.11 Å². The first kappa shape index (κ1) is 14.1. The second-order valence-electron chi connectivity index (χ2n) is 4.52. The molecule has 0 aliphatic rings. The Labute approximate surface area is 131 Å². The maximum atomic E-state index is 10.3. The number of aromatic nitrogens is 3. The van der Waals surface area contributed by atoms with Crippen LogP contribution in [0.1, 0.15) is 17.4 Å². The lowest BCUT2D eigenvalue weighted by atomic mass is 10.1. The van der Waals surface area contributed by atoms with Gasteiger partial charge in [0, 0.05) is 10.0 Å². The van der Waals surface area contributed by atoms with Crippen molar-refractivity contribution in [3.8, 4) is 5.69 Å². The van der Waals surface area contributed by atoms with E-state index < -0.39 is 6.10 Å². The minimum Gasteiger partial charge on any atom is -0.382 e. The number of halogens is 2. The van der Waals surface area contributed by atoms with Crippen molar-refractivity contribution in [2.75, 3.05) is 0 Å². The lowest BCUT2D eigenvalue weighted by molar-refractivity contribution is 0.215. The van der Waals surface area contributed by atoms with Gasteiger partial charge in [-0.2, -0.15) is 0 Å². The van der Waals surface area contributed by atoms with Crippen molar-refractivity contribution in [1.29, 1.82) is 0 Å². The zero-order chi connectivity index (χ0) is 14.8. The van der Waals surface area contributed by atoms with Crippen LogP contribution in [0.15, 0.2) is 54.7 Å². The molecule has 1 aromatic heterocycles. The highest BCUT2D eigenvalue weighted by Crippen LogP contribution is 2.22. The average molecular weight is 320 g/mol. The molecule has 0 spiro atoms. The molecule has 0 amide bonds. The van der Waals surface area contributed by atoms with Crippen LogP contribution in [-0.2, 0) is 0 Å². The molecule has 1 heterocycles. The van der Waals surface area contributed by atoms with E-state index in [1.165, 1.54) is 0 Å². The van der Waals surface area contributed by atoms with Crippen LogP contribution in [0.25, 0.3) is 5.69 Å². The highest BCUT2D eigenvalue weighted by atomic mass is 35.5. The number of hydrogen-bond donors (Lipinski definition) is 1. The van der Waals surface area contributed by atoms with Gasteiger partial charge in [0.15, 0.2) is 0 Å². The van der Waals surface area contributed by atoms with E-state index in [4.69, 9.17) is 23.2 Å². The summed E-state index contributed by atoms with van der Waals surface area (Å²) in [6.07, 6.45) is 0.839. The minimum atomic E-state index is -0.844. The van der Waals surface area contributed by atoms with E-state index in [1.54, 1.807) is 47.3 Å². The quantitative estimate of drug-likeness (QED) is 0.801. The monoisotopic (exact) mass is 319 g/mol. The van der Waals surface area contributed by atoms with Gasteiger partial charge in [-0.05, 0) is 42.0 Å². The maximum Gasteiger partial charge on any atom is 0.124 e. The summed E-state index contributed by atoms with van der Waals surface area (Å²) in [6, 6.07) is 14.2. The van der Waals surface area contributed by atoms with E-state index in [-0.39, 0.29) is 0 Å². The fourth-order valence-electron chi connectivity index (χ4n) is 1.94. The Morgan fingerprint density at radius 2 is 1.48 bits per heavy atom. The number of nitrogens with zero attached hydrogens (tertiary/aromatic N) is 3. The molecule has 0 aliphatic carbocycles. The highest BCUT2D eigenvalue weighted by molar-refractivity contribution is 6.30. The van der Waals surface area contributed by atoms with Crippen molar-refractivity contribution >= 4 is 23.2 Å². The van der Waals surface area contributed by atoms with E-state index >= 15 is 0 Å². The molecule has 1 unspecified atom stereocenters. The number of benzene rings is 2. The summed E-state index contributed by atoms with van der Waals surface area (Å²) < 4.78 is 1.59. The fraction of sp³-hybridized carbons (Fsp3) is 0.0667. The molecule has 3 rings (SSSR count). The summed E-state index contributed by atoms with van der Waals surface area (Å²) in [6.45, 7) is 0. The molecule has 0 radical (unpaired) electrons. The number of hydrogen-bond acceptors (Lipinski definition) is 3. The molecule has 21 heavy (non-hydrogen) atoms. The molecule has 0 saturated heterocycles. The first-order chi connectivity index (χ1) is 10.1. The Morgan fingerprint density at radius 1 is 0.905 bits per heavy atom. The van der Waals surface area contributed by atoms with Crippen molar-refractivity contribution in [3.63, 3.8) is 0 Å². The topological polar surface area (TPSA) is 50.9 Å². The number of rotatable bonds is 3. The van der Waals surface area contributed by atoms with E-state index in [2.05, 4.69) is 10.3 Å². The van der Waals surface area contributed by atoms with Crippen LogP contribution in [0.2, 0.25) is 10.0 Å². The summed E-state index contributed by atoms with van der Waals surface area (Å²) >= 11 is 11.7. The number of aliphatic hydroxyl groups is 1. The van der Waals surface area contributed by atoms with Crippen molar-refractivity contribution in [2.45, 2.75) is 6.10 Å². The Balaban J connectivity index is 1.87. The highest BCUT2D eigenvalue weighted by Gasteiger charge is 2.15. The summed E-state index contributed by atoms with van der Waals surface area (Å²) in [5, 5.41) is 19.6. The van der Waals surface area contributed by atoms with Gasteiger partial charge in [-0.25, -0.2) is 4.68 Å². The van der Waals surface area contributed by atoms with Gasteiger partial charge >= 0.3 is 0 Å². The smallest absolute Gasteiger partial charge is 0.124 e. The van der Waals surface area contributed by atoms with Crippen LogP contribution in [0.5, 0.6) is 0 Å². The number of aliphatic hydroxyl groups excluding tert-OH is 1. The Hall–Kier alpha value is -1.88. The molecular weight excluding hydrogens is 309 g/mol. The third-order valence-electron chi connectivity index (χ3n) is 3.07. The Morgan fingerprint density at radius 3 is 2.10 bits per heavy atom. The van der Waals surface area contributed by atoms with Gasteiger partial charge in [0.25, 0.3) is 0 Å². The third-order valence-corrected chi connectivity index (χ3v) is 3.57. The third kappa shape index (κ3) is 3.08. The molecule has 0 bridgehead atoms. The van der Waals surface area contributed by atoms with E-state index in [0.29, 0.717) is 21.3 Å². The van der Waals surface area contributed by atoms with Crippen LogP contribution in [0.3, 0.4) is 0 Å². The van der Waals surface area contributed by atoms with Gasteiger partial charge in [0.2, 0.25) is 0 Å². The van der Waals surface area contributed by atoms with Gasteiger partial charge in [-0.15, -0.1) is 5.10 Å². The van der Waals surface area contributed by atoms with E-state index in [0.717, 1.165) is 5.69 Å². The molecule has 4 nitrogen and oxygen atoms in total. The molecule has 0 saturated carbocycles. The molecular formula is C15H11Cl2N3O. The second kappa shape index (κ2) is 5.85. The van der Waals surface area contributed by atoms with Crippen LogP contribution in [0, 0.1) is 0 Å². The SMILES string of the molecule is OC(c1ccc(Cl)cc1)c1cn(-c2ccc(Cl)cc2)nn1. The minimum absolute atomic E-state index is 0.465. The van der Waals surface area contributed by atoms with Crippen molar-refractivity contribution in [1.82, 2.24) is 15.0 Å². The van der Waals surface area contributed by atoms with Crippen molar-refractivity contribution < 1.29 is 5.11 Å². The largest absolute Gasteiger partial charge is 0.382 e. The fourth-order valence-corrected chi connectivity index (χ4v) is 2.19. The Bertz CT molecular complexity index is 738. The lowest BCUT2D eigenvalue weighted by Gasteiger charge is -2.07. The van der Waals surface area contributed by atoms with Crippen LogP contribution in [0.4, 0.5) is 0 Å². The zero-order valence-electron chi connectivity index (χ0n) is 10.8. The zero-order valence-corrected chi connectivity index (χ0v) is 12.3. The van der Waals surface area contributed by atoms with Crippen molar-refractivity contribution in [3.05, 3.63) is 76.0 Å². The summed E-state index contributed by atoms with van der Waals surface area (Å²) in [5.74, 6) is 0. The molecule has 2 aromatic carbocycles. The predicted octanol–water partition coefficient (Wildman–Crippen LogP) is 3.66. The molecule has 1 N–H and O–H groups in total. The second-order valence-corrected chi connectivity index (χ2v) is 5.39. The van der Waals surface area contributed by atoms with E-state index in [9.17, 15) is 5.11 Å². The average Bonchev–Trinajstić information content (AvgIpc) is 2.98. The van der Waals surface area contributed by atoms with Gasteiger partial charge in [0.1, 0.15) is 11.8 Å². The van der Waals surface area contributed by atoms with Gasteiger partial charge in [0.05, 0.1) is 11.9 Å². The molecule has 0 fully saturated rings. The molecule has 6 heteroatoms. The normalized spacial score (nSPS) is 12.3. The predicted molar refractivity (Wildman–Crippen MR) is 81.9 cm³/mol. The maximum absolute atomic E-state index is 10.3. The summed E-state index contributed by atoms with van der Waals surface area (Å²) in [4.78, 5) is 0. The Kier molecular flexibility index (Phi) is 3.92. The standard InChI is InChI=1S/C15H11Cl2N3O/c16-11-3-1-10(2-4-11)15(21)14-9-20(19-18-14)13-7-5-12(17)6-8-13/h1-9,15,21H. The van der Waals surface area contributed by atoms with Crippen LogP contribution in [-0.4, -0.2) is 20.1 Å². The van der Waals surface area contributed by atoms with Gasteiger partial charge in [-0.3, -0.25) is 0 Å². The molecule has 0 aliphatic heterocycles. The lowest BCUT2D eigenvalue weighted by Crippen LogP contribution is -1.99. The van der Waals surface area contributed by atoms with E-state index in [1.807, 2.05) is 12.1 Å². The van der Waals surface area contributed by atoms with Gasteiger partial charge in [-0.1, -0.05) is 40.5 Å². The van der Waals surface area contributed by atoms with Crippen molar-refractivity contribution in [2.24, 2.45) is 0 Å². The molecule has 106 valence electrons.